The van der Waals surface area contributed by atoms with E-state index in [9.17, 15) is 17.6 Å². The van der Waals surface area contributed by atoms with Crippen LogP contribution in [0.4, 0.5) is 17.6 Å². The van der Waals surface area contributed by atoms with E-state index in [0.717, 1.165) is 5.56 Å². The summed E-state index contributed by atoms with van der Waals surface area (Å²) < 4.78 is 52.1. The van der Waals surface area contributed by atoms with Crippen LogP contribution in [0.5, 0.6) is 0 Å². The van der Waals surface area contributed by atoms with Gasteiger partial charge in [0, 0.05) is 0 Å². The van der Waals surface area contributed by atoms with Crippen LogP contribution in [-0.2, 0) is 12.8 Å². The van der Waals surface area contributed by atoms with Gasteiger partial charge in [-0.15, -0.1) is 0 Å². The van der Waals surface area contributed by atoms with Gasteiger partial charge in [-0.05, 0) is 30.0 Å². The van der Waals surface area contributed by atoms with Gasteiger partial charge in [0.15, 0.2) is 23.3 Å². The van der Waals surface area contributed by atoms with Crippen LogP contribution in [0.3, 0.4) is 0 Å². The molecule has 0 aromatic heterocycles. The molecule has 0 unspecified atom stereocenters. The molecule has 0 aliphatic heterocycles. The summed E-state index contributed by atoms with van der Waals surface area (Å²) in [5.74, 6) is -6.20. The zero-order valence-electron chi connectivity index (χ0n) is 9.39. The zero-order chi connectivity index (χ0) is 13.1. The van der Waals surface area contributed by atoms with Crippen molar-refractivity contribution in [3.8, 4) is 0 Å². The van der Waals surface area contributed by atoms with E-state index in [1.54, 1.807) is 0 Å². The van der Waals surface area contributed by atoms with Crippen molar-refractivity contribution in [3.63, 3.8) is 0 Å². The molecular formula is C14H10F4. The highest BCUT2D eigenvalue weighted by Crippen LogP contribution is 2.20. The van der Waals surface area contributed by atoms with Crippen molar-refractivity contribution in [2.45, 2.75) is 12.8 Å². The van der Waals surface area contributed by atoms with Crippen molar-refractivity contribution >= 4 is 0 Å². The van der Waals surface area contributed by atoms with E-state index in [2.05, 4.69) is 0 Å². The summed E-state index contributed by atoms with van der Waals surface area (Å²) in [6, 6.07) is 9.83. The molecule has 0 aliphatic carbocycles. The molecule has 0 nitrogen and oxygen atoms in total. The molecule has 0 fully saturated rings. The number of hydrogen-bond acceptors (Lipinski definition) is 0. The van der Waals surface area contributed by atoms with Gasteiger partial charge >= 0.3 is 0 Å². The van der Waals surface area contributed by atoms with Gasteiger partial charge in [-0.25, -0.2) is 17.6 Å². The molecule has 2 aromatic rings. The van der Waals surface area contributed by atoms with Gasteiger partial charge in [0.2, 0.25) is 0 Å². The first-order valence-electron chi connectivity index (χ1n) is 5.45. The van der Waals surface area contributed by atoms with E-state index in [1.807, 2.05) is 30.3 Å². The Hall–Kier alpha value is -1.84. The van der Waals surface area contributed by atoms with Gasteiger partial charge in [-0.2, -0.15) is 0 Å². The van der Waals surface area contributed by atoms with E-state index in [-0.39, 0.29) is 12.0 Å². The molecule has 2 rings (SSSR count). The zero-order valence-corrected chi connectivity index (χ0v) is 9.39. The first-order valence-corrected chi connectivity index (χ1v) is 5.45. The summed E-state index contributed by atoms with van der Waals surface area (Å²) in [5, 5.41) is 0. The van der Waals surface area contributed by atoms with E-state index < -0.39 is 23.3 Å². The number of hydrogen-bond donors (Lipinski definition) is 0. The third kappa shape index (κ3) is 2.53. The minimum absolute atomic E-state index is 0.115. The molecule has 0 amide bonds. The molecule has 0 saturated carbocycles. The molecule has 0 spiro atoms. The smallest absolute Gasteiger partial charge is 0.197 e. The first-order chi connectivity index (χ1) is 8.59. The summed E-state index contributed by atoms with van der Waals surface area (Å²) in [5.41, 5.74) is 0.761. The molecule has 0 saturated heterocycles. The summed E-state index contributed by atoms with van der Waals surface area (Å²) in [7, 11) is 0. The maximum atomic E-state index is 13.4. The Morgan fingerprint density at radius 1 is 0.722 bits per heavy atom. The maximum Gasteiger partial charge on any atom is 0.197 e. The number of rotatable bonds is 3. The van der Waals surface area contributed by atoms with Crippen LogP contribution in [0, 0.1) is 23.3 Å². The summed E-state index contributed by atoms with van der Waals surface area (Å²) in [4.78, 5) is 0. The second kappa shape index (κ2) is 5.21. The van der Waals surface area contributed by atoms with Gasteiger partial charge in [-0.3, -0.25) is 0 Å². The largest absolute Gasteiger partial charge is 0.204 e. The SMILES string of the molecule is Fc1cc(CCc2ccccc2)c(F)c(F)c1F. The topological polar surface area (TPSA) is 0 Å². The van der Waals surface area contributed by atoms with Crippen molar-refractivity contribution in [1.29, 1.82) is 0 Å². The average Bonchev–Trinajstić information content (AvgIpc) is 2.40. The minimum Gasteiger partial charge on any atom is -0.204 e. The van der Waals surface area contributed by atoms with Crippen molar-refractivity contribution in [1.82, 2.24) is 0 Å². The Bertz CT molecular complexity index is 549. The number of aryl methyl sites for hydroxylation is 2. The van der Waals surface area contributed by atoms with Crippen molar-refractivity contribution in [2.24, 2.45) is 0 Å². The van der Waals surface area contributed by atoms with Gasteiger partial charge < -0.3 is 0 Å². The van der Waals surface area contributed by atoms with Crippen molar-refractivity contribution in [3.05, 3.63) is 70.8 Å². The Balaban J connectivity index is 2.20. The molecule has 4 heteroatoms. The molecule has 94 valence electrons. The van der Waals surface area contributed by atoms with Crippen LogP contribution < -0.4 is 0 Å². The molecule has 0 atom stereocenters. The maximum absolute atomic E-state index is 13.4. The van der Waals surface area contributed by atoms with Crippen LogP contribution in [0.25, 0.3) is 0 Å². The van der Waals surface area contributed by atoms with Crippen LogP contribution in [0.15, 0.2) is 36.4 Å². The Labute approximate surface area is 102 Å². The monoisotopic (exact) mass is 254 g/mol. The fourth-order valence-electron chi connectivity index (χ4n) is 1.73. The third-order valence-corrected chi connectivity index (χ3v) is 2.70. The van der Waals surface area contributed by atoms with Crippen molar-refractivity contribution in [2.75, 3.05) is 0 Å². The van der Waals surface area contributed by atoms with E-state index >= 15 is 0 Å². The average molecular weight is 254 g/mol. The Morgan fingerprint density at radius 2 is 1.39 bits per heavy atom. The van der Waals surface area contributed by atoms with Gasteiger partial charge in [0.25, 0.3) is 0 Å². The highest BCUT2D eigenvalue weighted by molar-refractivity contribution is 5.24. The second-order valence-electron chi connectivity index (χ2n) is 3.95. The molecule has 0 N–H and O–H groups in total. The lowest BCUT2D eigenvalue weighted by atomic mass is 10.0. The fourth-order valence-corrected chi connectivity index (χ4v) is 1.73. The predicted molar refractivity (Wildman–Crippen MR) is 60.1 cm³/mol. The lowest BCUT2D eigenvalue weighted by Gasteiger charge is -2.06. The summed E-state index contributed by atoms with van der Waals surface area (Å²) in [6.07, 6.45) is 0.548. The second-order valence-corrected chi connectivity index (χ2v) is 3.95. The highest BCUT2D eigenvalue weighted by Gasteiger charge is 2.18. The van der Waals surface area contributed by atoms with Crippen LogP contribution >= 0.6 is 0 Å². The molecule has 0 radical (unpaired) electrons. The summed E-state index contributed by atoms with van der Waals surface area (Å²) >= 11 is 0. The van der Waals surface area contributed by atoms with Crippen LogP contribution in [-0.4, -0.2) is 0 Å². The third-order valence-electron chi connectivity index (χ3n) is 2.70. The molecule has 0 heterocycles. The van der Waals surface area contributed by atoms with Gasteiger partial charge in [0.1, 0.15) is 0 Å². The minimum atomic E-state index is -1.77. The number of halogens is 4. The molecule has 2 aromatic carbocycles. The van der Waals surface area contributed by atoms with Gasteiger partial charge in [0.05, 0.1) is 0 Å². The molecular weight excluding hydrogens is 244 g/mol. The Morgan fingerprint density at radius 3 is 2.06 bits per heavy atom. The predicted octanol–water partition coefficient (Wildman–Crippen LogP) is 4.03. The molecule has 18 heavy (non-hydrogen) atoms. The lowest BCUT2D eigenvalue weighted by molar-refractivity contribution is 0.403. The standard InChI is InChI=1S/C14H10F4/c15-11-8-10(12(16)14(18)13(11)17)7-6-9-4-2-1-3-5-9/h1-5,8H,6-7H2. The van der Waals surface area contributed by atoms with Crippen LogP contribution in [0.1, 0.15) is 11.1 Å². The molecule has 0 aliphatic rings. The first kappa shape index (κ1) is 12.6. The molecule has 0 bridgehead atoms. The normalized spacial score (nSPS) is 10.7. The van der Waals surface area contributed by atoms with Crippen molar-refractivity contribution < 1.29 is 17.6 Å². The number of benzene rings is 2. The van der Waals surface area contributed by atoms with Gasteiger partial charge in [-0.1, -0.05) is 30.3 Å². The quantitative estimate of drug-likeness (QED) is 0.440. The lowest BCUT2D eigenvalue weighted by Crippen LogP contribution is -2.03. The van der Waals surface area contributed by atoms with E-state index in [4.69, 9.17) is 0 Å². The van der Waals surface area contributed by atoms with E-state index in [1.165, 1.54) is 0 Å². The highest BCUT2D eigenvalue weighted by atomic mass is 19.2. The van der Waals surface area contributed by atoms with E-state index in [0.29, 0.717) is 12.5 Å². The Kier molecular flexibility index (Phi) is 3.65. The summed E-state index contributed by atoms with van der Waals surface area (Å²) in [6.45, 7) is 0. The fraction of sp³-hybridized carbons (Fsp3) is 0.143. The van der Waals surface area contributed by atoms with Crippen LogP contribution in [0.2, 0.25) is 0 Å².